The van der Waals surface area contributed by atoms with E-state index in [0.717, 1.165) is 22.9 Å². The van der Waals surface area contributed by atoms with Crippen molar-refractivity contribution >= 4 is 17.4 Å². The Morgan fingerprint density at radius 2 is 1.79 bits per heavy atom. The molecule has 0 amide bonds. The molecule has 2 rings (SSSR count). The number of hydrogen-bond donors (Lipinski definition) is 1. The molecule has 19 heavy (non-hydrogen) atoms. The third-order valence-corrected chi connectivity index (χ3v) is 4.87. The number of nitrogens with one attached hydrogen (secondary N) is 1. The lowest BCUT2D eigenvalue weighted by atomic mass is 9.82. The fraction of sp³-hybridized carbons (Fsp3) is 0.600. The maximum absolute atomic E-state index is 5.31. The van der Waals surface area contributed by atoms with Crippen molar-refractivity contribution in [1.82, 2.24) is 0 Å². The summed E-state index contributed by atoms with van der Waals surface area (Å²) in [5.74, 6) is 4.05. The molecule has 0 spiro atoms. The monoisotopic (exact) mass is 281 g/mol. The Kier molecular flexibility index (Phi) is 4.50. The minimum atomic E-state index is 0.321. The maximum atomic E-state index is 5.31. The summed E-state index contributed by atoms with van der Waals surface area (Å²) in [4.78, 5) is 0. The minimum absolute atomic E-state index is 0.321. The first-order valence-corrected chi connectivity index (χ1v) is 7.78. The zero-order valence-electron chi connectivity index (χ0n) is 12.2. The number of ether oxygens (including phenoxy) is 2. The van der Waals surface area contributed by atoms with Gasteiger partial charge in [-0.25, -0.2) is 0 Å². The summed E-state index contributed by atoms with van der Waals surface area (Å²) in [5.41, 5.74) is 1.39. The zero-order chi connectivity index (χ0) is 13.9. The lowest BCUT2D eigenvalue weighted by molar-refractivity contribution is 0.305. The highest BCUT2D eigenvalue weighted by atomic mass is 32.2. The van der Waals surface area contributed by atoms with Gasteiger partial charge in [0.2, 0.25) is 0 Å². The number of rotatable bonds is 4. The normalized spacial score (nSPS) is 21.8. The van der Waals surface area contributed by atoms with Crippen molar-refractivity contribution in [1.29, 1.82) is 0 Å². The molecule has 0 radical (unpaired) electrons. The highest BCUT2D eigenvalue weighted by molar-refractivity contribution is 7.99. The van der Waals surface area contributed by atoms with Crippen LogP contribution in [-0.4, -0.2) is 31.8 Å². The second-order valence-electron chi connectivity index (χ2n) is 5.61. The third kappa shape index (κ3) is 3.50. The van der Waals surface area contributed by atoms with E-state index in [9.17, 15) is 0 Å². The van der Waals surface area contributed by atoms with E-state index in [-0.39, 0.29) is 0 Å². The Bertz CT molecular complexity index is 412. The number of benzene rings is 1. The van der Waals surface area contributed by atoms with Crippen LogP contribution in [0.4, 0.5) is 5.69 Å². The van der Waals surface area contributed by atoms with E-state index in [0.29, 0.717) is 11.5 Å². The van der Waals surface area contributed by atoms with Crippen LogP contribution in [0.1, 0.15) is 20.3 Å². The van der Waals surface area contributed by atoms with Crippen molar-refractivity contribution in [3.8, 4) is 11.5 Å². The average molecular weight is 281 g/mol. The molecule has 1 fully saturated rings. The number of methoxy groups -OCH3 is 2. The van der Waals surface area contributed by atoms with E-state index >= 15 is 0 Å². The molecule has 1 aliphatic rings. The molecule has 106 valence electrons. The van der Waals surface area contributed by atoms with Gasteiger partial charge in [-0.1, -0.05) is 13.8 Å². The largest absolute Gasteiger partial charge is 0.497 e. The molecular formula is C15H23NO2S. The zero-order valence-corrected chi connectivity index (χ0v) is 13.0. The summed E-state index contributed by atoms with van der Waals surface area (Å²) >= 11 is 2.02. The first kappa shape index (κ1) is 14.4. The van der Waals surface area contributed by atoms with Gasteiger partial charge in [0.25, 0.3) is 0 Å². The highest BCUT2D eigenvalue weighted by Crippen LogP contribution is 2.37. The second kappa shape index (κ2) is 5.95. The summed E-state index contributed by atoms with van der Waals surface area (Å²) in [6, 6.07) is 6.42. The third-order valence-electron chi connectivity index (χ3n) is 3.81. The van der Waals surface area contributed by atoms with Crippen LogP contribution in [0.5, 0.6) is 11.5 Å². The predicted molar refractivity (Wildman–Crippen MR) is 82.7 cm³/mol. The van der Waals surface area contributed by atoms with Crippen molar-refractivity contribution in [2.75, 3.05) is 31.0 Å². The molecule has 4 heteroatoms. The van der Waals surface area contributed by atoms with Gasteiger partial charge in [-0.15, -0.1) is 0 Å². The van der Waals surface area contributed by atoms with Crippen molar-refractivity contribution < 1.29 is 9.47 Å². The van der Waals surface area contributed by atoms with Gasteiger partial charge in [-0.2, -0.15) is 11.8 Å². The van der Waals surface area contributed by atoms with Crippen LogP contribution in [0.15, 0.2) is 18.2 Å². The summed E-state index contributed by atoms with van der Waals surface area (Å²) in [7, 11) is 3.36. The number of hydrogen-bond acceptors (Lipinski definition) is 4. The Hall–Kier alpha value is -1.03. The van der Waals surface area contributed by atoms with Crippen LogP contribution in [0.25, 0.3) is 0 Å². The van der Waals surface area contributed by atoms with Gasteiger partial charge in [-0.3, -0.25) is 0 Å². The highest BCUT2D eigenvalue weighted by Gasteiger charge is 2.32. The van der Waals surface area contributed by atoms with Gasteiger partial charge < -0.3 is 14.8 Å². The molecule has 1 aromatic carbocycles. The molecule has 1 heterocycles. The Labute approximate surface area is 120 Å². The summed E-state index contributed by atoms with van der Waals surface area (Å²) < 4.78 is 10.6. The van der Waals surface area contributed by atoms with Gasteiger partial charge in [0, 0.05) is 35.7 Å². The summed E-state index contributed by atoms with van der Waals surface area (Å²) in [6.45, 7) is 4.67. The van der Waals surface area contributed by atoms with E-state index < -0.39 is 0 Å². The Morgan fingerprint density at radius 1 is 1.16 bits per heavy atom. The standard InChI is InChI=1S/C15H23NO2S/c1-15(2)5-6-19-10-14(15)16-11-7-12(17-3)9-13(8-11)18-4/h7-9,14,16H,5-6,10H2,1-4H3. The fourth-order valence-corrected chi connectivity index (χ4v) is 3.87. The van der Waals surface area contributed by atoms with Crippen molar-refractivity contribution in [3.05, 3.63) is 18.2 Å². The van der Waals surface area contributed by atoms with Gasteiger partial charge in [-0.05, 0) is 17.6 Å². The molecule has 1 unspecified atom stereocenters. The molecule has 1 N–H and O–H groups in total. The van der Waals surface area contributed by atoms with Crippen molar-refractivity contribution in [3.63, 3.8) is 0 Å². The number of thioether (sulfide) groups is 1. The molecule has 0 bridgehead atoms. The van der Waals surface area contributed by atoms with E-state index in [4.69, 9.17) is 9.47 Å². The first-order chi connectivity index (χ1) is 9.05. The quantitative estimate of drug-likeness (QED) is 0.912. The van der Waals surface area contributed by atoms with Crippen LogP contribution >= 0.6 is 11.8 Å². The van der Waals surface area contributed by atoms with E-state index in [2.05, 4.69) is 19.2 Å². The predicted octanol–water partition coefficient (Wildman–Crippen LogP) is 3.65. The van der Waals surface area contributed by atoms with Crippen molar-refractivity contribution in [2.45, 2.75) is 26.3 Å². The SMILES string of the molecule is COc1cc(NC2CSCCC2(C)C)cc(OC)c1. The average Bonchev–Trinajstić information content (AvgIpc) is 2.40. The van der Waals surface area contributed by atoms with Crippen LogP contribution in [0.2, 0.25) is 0 Å². The van der Waals surface area contributed by atoms with Gasteiger partial charge in [0.05, 0.1) is 14.2 Å². The van der Waals surface area contributed by atoms with Crippen LogP contribution in [-0.2, 0) is 0 Å². The Balaban J connectivity index is 2.17. The molecule has 1 aliphatic heterocycles. The smallest absolute Gasteiger partial charge is 0.124 e. The van der Waals surface area contributed by atoms with Gasteiger partial charge >= 0.3 is 0 Å². The van der Waals surface area contributed by atoms with E-state index in [1.165, 1.54) is 12.2 Å². The number of anilines is 1. The maximum Gasteiger partial charge on any atom is 0.124 e. The van der Waals surface area contributed by atoms with E-state index in [1.807, 2.05) is 30.0 Å². The van der Waals surface area contributed by atoms with Crippen LogP contribution in [0.3, 0.4) is 0 Å². The summed E-state index contributed by atoms with van der Waals surface area (Å²) in [5, 5.41) is 3.64. The van der Waals surface area contributed by atoms with Gasteiger partial charge in [0.15, 0.2) is 0 Å². The molecule has 1 atom stereocenters. The molecule has 0 saturated carbocycles. The molecular weight excluding hydrogens is 258 g/mol. The van der Waals surface area contributed by atoms with Gasteiger partial charge in [0.1, 0.15) is 11.5 Å². The lowest BCUT2D eigenvalue weighted by Crippen LogP contribution is -2.41. The molecule has 1 saturated heterocycles. The fourth-order valence-electron chi connectivity index (χ4n) is 2.27. The molecule has 0 aromatic heterocycles. The first-order valence-electron chi connectivity index (χ1n) is 6.62. The Morgan fingerprint density at radius 3 is 2.32 bits per heavy atom. The molecule has 0 aliphatic carbocycles. The topological polar surface area (TPSA) is 30.5 Å². The molecule has 3 nitrogen and oxygen atoms in total. The minimum Gasteiger partial charge on any atom is -0.497 e. The van der Waals surface area contributed by atoms with Crippen LogP contribution in [0, 0.1) is 5.41 Å². The van der Waals surface area contributed by atoms with E-state index in [1.54, 1.807) is 14.2 Å². The lowest BCUT2D eigenvalue weighted by Gasteiger charge is -2.39. The summed E-state index contributed by atoms with van der Waals surface area (Å²) in [6.07, 6.45) is 1.25. The van der Waals surface area contributed by atoms with Crippen LogP contribution < -0.4 is 14.8 Å². The molecule has 1 aromatic rings. The van der Waals surface area contributed by atoms with Crippen molar-refractivity contribution in [2.24, 2.45) is 5.41 Å². The second-order valence-corrected chi connectivity index (χ2v) is 6.76.